The first kappa shape index (κ1) is 16.4. The summed E-state index contributed by atoms with van der Waals surface area (Å²) in [6.07, 6.45) is 0.152. The molecule has 0 heterocycles. The van der Waals surface area contributed by atoms with Gasteiger partial charge in [0.2, 0.25) is 0 Å². The van der Waals surface area contributed by atoms with E-state index < -0.39 is 18.1 Å². The van der Waals surface area contributed by atoms with Crippen LogP contribution in [0.3, 0.4) is 0 Å². The Hall–Kier alpha value is -3.02. The fourth-order valence-electron chi connectivity index (χ4n) is 1.59. The maximum absolute atomic E-state index is 12.6. The SMILES string of the molecule is O=C(C=Cc1ccc(OC(F)=C(F)F)cc1)Oc1ccccc1. The molecule has 0 unspecified atom stereocenters. The highest BCUT2D eigenvalue weighted by Gasteiger charge is 2.07. The van der Waals surface area contributed by atoms with Gasteiger partial charge in [0.15, 0.2) is 0 Å². The Balaban J connectivity index is 1.95. The maximum Gasteiger partial charge on any atom is 0.344 e. The zero-order chi connectivity index (χ0) is 16.7. The smallest absolute Gasteiger partial charge is 0.344 e. The molecule has 0 radical (unpaired) electrons. The fourth-order valence-corrected chi connectivity index (χ4v) is 1.59. The molecule has 0 fully saturated rings. The number of esters is 1. The van der Waals surface area contributed by atoms with Gasteiger partial charge in [-0.15, -0.1) is 0 Å². The van der Waals surface area contributed by atoms with Crippen LogP contribution in [0, 0.1) is 0 Å². The first-order chi connectivity index (χ1) is 11.0. The van der Waals surface area contributed by atoms with Gasteiger partial charge in [-0.2, -0.15) is 13.2 Å². The standard InChI is InChI=1S/C17H11F3O3/c18-16(19)17(20)23-14-9-6-12(7-10-14)8-11-15(21)22-13-4-2-1-3-5-13/h1-11H. The van der Waals surface area contributed by atoms with Crippen LogP contribution in [0.2, 0.25) is 0 Å². The molecule has 0 aromatic heterocycles. The molecule has 0 aliphatic carbocycles. The molecule has 0 atom stereocenters. The lowest BCUT2D eigenvalue weighted by Crippen LogP contribution is -2.03. The van der Waals surface area contributed by atoms with Crippen LogP contribution >= 0.6 is 0 Å². The van der Waals surface area contributed by atoms with Crippen LogP contribution in [0.1, 0.15) is 5.56 Å². The van der Waals surface area contributed by atoms with Crippen molar-refractivity contribution in [2.45, 2.75) is 0 Å². The minimum atomic E-state index is -2.53. The number of hydrogen-bond donors (Lipinski definition) is 0. The van der Waals surface area contributed by atoms with Crippen molar-refractivity contribution in [1.82, 2.24) is 0 Å². The number of carbonyl (C=O) groups is 1. The van der Waals surface area contributed by atoms with Gasteiger partial charge in [-0.3, -0.25) is 0 Å². The van der Waals surface area contributed by atoms with Crippen LogP contribution in [0.25, 0.3) is 6.08 Å². The van der Waals surface area contributed by atoms with E-state index in [1.54, 1.807) is 30.3 Å². The molecular formula is C17H11F3O3. The van der Waals surface area contributed by atoms with Crippen molar-refractivity contribution in [2.24, 2.45) is 0 Å². The van der Waals surface area contributed by atoms with Gasteiger partial charge < -0.3 is 9.47 Å². The monoisotopic (exact) mass is 320 g/mol. The molecule has 6 heteroatoms. The predicted octanol–water partition coefficient (Wildman–Crippen LogP) is 4.72. The Morgan fingerprint density at radius 3 is 2.04 bits per heavy atom. The molecule has 0 bridgehead atoms. The summed E-state index contributed by atoms with van der Waals surface area (Å²) < 4.78 is 45.7. The molecule has 2 rings (SSSR count). The zero-order valence-electron chi connectivity index (χ0n) is 11.7. The second-order valence-electron chi connectivity index (χ2n) is 4.27. The van der Waals surface area contributed by atoms with E-state index in [4.69, 9.17) is 4.74 Å². The van der Waals surface area contributed by atoms with Crippen molar-refractivity contribution < 1.29 is 27.4 Å². The fraction of sp³-hybridized carbons (Fsp3) is 0. The lowest BCUT2D eigenvalue weighted by Gasteiger charge is -2.02. The third kappa shape index (κ3) is 5.35. The molecule has 0 aliphatic heterocycles. The van der Waals surface area contributed by atoms with Crippen LogP contribution in [-0.2, 0) is 4.79 Å². The van der Waals surface area contributed by atoms with Crippen LogP contribution in [-0.4, -0.2) is 5.97 Å². The highest BCUT2D eigenvalue weighted by molar-refractivity contribution is 5.88. The highest BCUT2D eigenvalue weighted by atomic mass is 19.3. The molecule has 0 saturated carbocycles. The lowest BCUT2D eigenvalue weighted by molar-refractivity contribution is -0.128. The average molecular weight is 320 g/mol. The van der Waals surface area contributed by atoms with E-state index in [1.807, 2.05) is 0 Å². The van der Waals surface area contributed by atoms with Crippen LogP contribution < -0.4 is 9.47 Å². The number of hydrogen-bond acceptors (Lipinski definition) is 3. The van der Waals surface area contributed by atoms with Gasteiger partial charge in [-0.1, -0.05) is 30.3 Å². The van der Waals surface area contributed by atoms with Crippen molar-refractivity contribution in [3.05, 3.63) is 78.3 Å². The number of para-hydroxylation sites is 1. The summed E-state index contributed by atoms with van der Waals surface area (Å²) >= 11 is 0. The molecule has 3 nitrogen and oxygen atoms in total. The topological polar surface area (TPSA) is 35.5 Å². The highest BCUT2D eigenvalue weighted by Crippen LogP contribution is 2.19. The second kappa shape index (κ2) is 7.84. The molecule has 0 N–H and O–H groups in total. The summed E-state index contributed by atoms with van der Waals surface area (Å²) in [6.45, 7) is 0. The number of ether oxygens (including phenoxy) is 2. The second-order valence-corrected chi connectivity index (χ2v) is 4.27. The largest absolute Gasteiger partial charge is 0.428 e. The first-order valence-electron chi connectivity index (χ1n) is 6.48. The number of carbonyl (C=O) groups excluding carboxylic acids is 1. The van der Waals surface area contributed by atoms with Crippen molar-refractivity contribution in [3.63, 3.8) is 0 Å². The Kier molecular flexibility index (Phi) is 5.57. The van der Waals surface area contributed by atoms with Crippen LogP contribution in [0.15, 0.2) is 72.8 Å². The Morgan fingerprint density at radius 1 is 0.826 bits per heavy atom. The predicted molar refractivity (Wildman–Crippen MR) is 78.5 cm³/mol. The van der Waals surface area contributed by atoms with Crippen molar-refractivity contribution >= 4 is 12.0 Å². The van der Waals surface area contributed by atoms with Gasteiger partial charge in [-0.25, -0.2) is 4.79 Å². The Morgan fingerprint density at radius 2 is 1.43 bits per heavy atom. The van der Waals surface area contributed by atoms with Gasteiger partial charge in [0, 0.05) is 6.08 Å². The van der Waals surface area contributed by atoms with Crippen molar-refractivity contribution in [3.8, 4) is 11.5 Å². The Labute approximate surface area is 130 Å². The summed E-state index contributed by atoms with van der Waals surface area (Å²) in [4.78, 5) is 11.6. The summed E-state index contributed by atoms with van der Waals surface area (Å²) in [5.41, 5.74) is 0.590. The number of rotatable bonds is 5. The summed E-state index contributed by atoms with van der Waals surface area (Å²) in [7, 11) is 0. The van der Waals surface area contributed by atoms with E-state index in [0.717, 1.165) is 0 Å². The van der Waals surface area contributed by atoms with Crippen molar-refractivity contribution in [1.29, 1.82) is 0 Å². The van der Waals surface area contributed by atoms with Gasteiger partial charge in [0.25, 0.3) is 0 Å². The van der Waals surface area contributed by atoms with E-state index in [9.17, 15) is 18.0 Å². The molecule has 0 aliphatic rings. The van der Waals surface area contributed by atoms with E-state index in [1.165, 1.54) is 36.4 Å². The average Bonchev–Trinajstić information content (AvgIpc) is 2.55. The molecule has 118 valence electrons. The Bertz CT molecular complexity index is 719. The summed E-state index contributed by atoms with van der Waals surface area (Å²) in [5, 5.41) is 0. The van der Waals surface area contributed by atoms with E-state index in [2.05, 4.69) is 4.74 Å². The lowest BCUT2D eigenvalue weighted by atomic mass is 10.2. The number of halogens is 3. The van der Waals surface area contributed by atoms with E-state index in [0.29, 0.717) is 11.3 Å². The van der Waals surface area contributed by atoms with Gasteiger partial charge >= 0.3 is 18.1 Å². The molecule has 2 aromatic rings. The minimum Gasteiger partial charge on any atom is -0.428 e. The normalized spacial score (nSPS) is 10.4. The molecule has 2 aromatic carbocycles. The van der Waals surface area contributed by atoms with E-state index in [-0.39, 0.29) is 5.75 Å². The number of benzene rings is 2. The van der Waals surface area contributed by atoms with Gasteiger partial charge in [-0.05, 0) is 35.9 Å². The molecule has 0 saturated heterocycles. The van der Waals surface area contributed by atoms with E-state index >= 15 is 0 Å². The third-order valence-electron chi connectivity index (χ3n) is 2.61. The van der Waals surface area contributed by atoms with Gasteiger partial charge in [0.05, 0.1) is 0 Å². The minimum absolute atomic E-state index is 0.0840. The van der Waals surface area contributed by atoms with Gasteiger partial charge in [0.1, 0.15) is 11.5 Å². The quantitative estimate of drug-likeness (QED) is 0.346. The molecule has 23 heavy (non-hydrogen) atoms. The molecule has 0 amide bonds. The zero-order valence-corrected chi connectivity index (χ0v) is 11.7. The first-order valence-corrected chi connectivity index (χ1v) is 6.48. The van der Waals surface area contributed by atoms with Crippen LogP contribution in [0.4, 0.5) is 13.2 Å². The summed E-state index contributed by atoms with van der Waals surface area (Å²) in [6, 6.07) is 12.2. The maximum atomic E-state index is 12.6. The third-order valence-corrected chi connectivity index (χ3v) is 2.61. The molecular weight excluding hydrogens is 309 g/mol. The summed E-state index contributed by atoms with van der Waals surface area (Å²) in [5.74, 6) is -0.231. The molecule has 0 spiro atoms. The van der Waals surface area contributed by atoms with Crippen LogP contribution in [0.5, 0.6) is 11.5 Å². The van der Waals surface area contributed by atoms with Crippen molar-refractivity contribution in [2.75, 3.05) is 0 Å².